The largest absolute Gasteiger partial charge is 0.356 e. The summed E-state index contributed by atoms with van der Waals surface area (Å²) in [6.07, 6.45) is 48.7. The normalized spacial score (nSPS) is 15.2. The van der Waals surface area contributed by atoms with Crippen LogP contribution in [0.4, 0.5) is 0 Å². The lowest BCUT2D eigenvalue weighted by Gasteiger charge is -2.35. The molecule has 0 bridgehead atoms. The van der Waals surface area contributed by atoms with E-state index in [1.807, 2.05) is 0 Å². The lowest BCUT2D eigenvalue weighted by Crippen LogP contribution is -2.42. The van der Waals surface area contributed by atoms with Gasteiger partial charge < -0.3 is 9.80 Å². The fourth-order valence-corrected chi connectivity index (χ4v) is 6.77. The molecule has 0 spiro atoms. The highest BCUT2D eigenvalue weighted by Gasteiger charge is 2.26. The quantitative estimate of drug-likeness (QED) is 0.0737. The average molecular weight is 575 g/mol. The molecule has 0 N–H and O–H groups in total. The lowest BCUT2D eigenvalue weighted by atomic mass is 10.0. The second-order valence-electron chi connectivity index (χ2n) is 13.9. The molecule has 2 nitrogen and oxygen atoms in total. The molecule has 2 heteroatoms. The van der Waals surface area contributed by atoms with Gasteiger partial charge in [-0.05, 0) is 33.1 Å². The Balaban J connectivity index is 1.98. The van der Waals surface area contributed by atoms with Gasteiger partial charge in [0.05, 0.1) is 0 Å². The van der Waals surface area contributed by atoms with Gasteiger partial charge in [-0.3, -0.25) is 0 Å². The minimum Gasteiger partial charge on any atom is -0.356 e. The predicted molar refractivity (Wildman–Crippen MR) is 186 cm³/mol. The van der Waals surface area contributed by atoms with Gasteiger partial charge in [-0.1, -0.05) is 187 Å². The minimum absolute atomic E-state index is 0.606. The molecule has 1 heterocycles. The first kappa shape index (κ1) is 38.4. The maximum absolute atomic E-state index is 2.67. The van der Waals surface area contributed by atoms with E-state index in [2.05, 4.69) is 49.9 Å². The predicted octanol–water partition coefficient (Wildman–Crippen LogP) is 13.6. The molecule has 41 heavy (non-hydrogen) atoms. The van der Waals surface area contributed by atoms with E-state index >= 15 is 0 Å². The van der Waals surface area contributed by atoms with Crippen LogP contribution in [0, 0.1) is 0 Å². The SMILES string of the molecule is CCCCCCCCCCCCCCCCCCN1C=CN(C(C)C)C1CCCCCCCCCCCCCCC. The number of unbranched alkanes of at least 4 members (excludes halogenated alkanes) is 27. The third-order valence-electron chi connectivity index (χ3n) is 9.59. The highest BCUT2D eigenvalue weighted by atomic mass is 15.4. The molecule has 0 fully saturated rings. The van der Waals surface area contributed by atoms with E-state index in [1.54, 1.807) is 0 Å². The van der Waals surface area contributed by atoms with Crippen molar-refractivity contribution in [3.63, 3.8) is 0 Å². The van der Waals surface area contributed by atoms with Crippen molar-refractivity contribution >= 4 is 0 Å². The van der Waals surface area contributed by atoms with Crippen molar-refractivity contribution in [1.82, 2.24) is 9.80 Å². The van der Waals surface area contributed by atoms with Crippen molar-refractivity contribution in [3.05, 3.63) is 12.4 Å². The van der Waals surface area contributed by atoms with Crippen LogP contribution in [0.15, 0.2) is 12.4 Å². The molecule has 1 rings (SSSR count). The second kappa shape index (κ2) is 29.4. The van der Waals surface area contributed by atoms with Crippen molar-refractivity contribution in [2.75, 3.05) is 6.54 Å². The lowest BCUT2D eigenvalue weighted by molar-refractivity contribution is 0.114. The monoisotopic (exact) mass is 575 g/mol. The fraction of sp³-hybridized carbons (Fsp3) is 0.949. The first-order chi connectivity index (χ1) is 20.2. The fourth-order valence-electron chi connectivity index (χ4n) is 6.77. The van der Waals surface area contributed by atoms with Gasteiger partial charge >= 0.3 is 0 Å². The Morgan fingerprint density at radius 1 is 0.415 bits per heavy atom. The van der Waals surface area contributed by atoms with Gasteiger partial charge in [0.1, 0.15) is 6.17 Å². The molecule has 0 aromatic carbocycles. The van der Waals surface area contributed by atoms with E-state index in [0.717, 1.165) is 0 Å². The smallest absolute Gasteiger partial charge is 0.101 e. The first-order valence-electron chi connectivity index (χ1n) is 19.4. The molecule has 0 saturated heterocycles. The summed E-state index contributed by atoms with van der Waals surface area (Å²) < 4.78 is 0. The molecule has 1 atom stereocenters. The maximum atomic E-state index is 2.67. The summed E-state index contributed by atoms with van der Waals surface area (Å²) in [6, 6.07) is 0.606. The summed E-state index contributed by atoms with van der Waals surface area (Å²) >= 11 is 0. The second-order valence-corrected chi connectivity index (χ2v) is 13.9. The maximum Gasteiger partial charge on any atom is 0.101 e. The Labute approximate surface area is 260 Å². The van der Waals surface area contributed by atoms with Crippen LogP contribution >= 0.6 is 0 Å². The highest BCUT2D eigenvalue weighted by molar-refractivity contribution is 4.98. The zero-order valence-corrected chi connectivity index (χ0v) is 29.1. The van der Waals surface area contributed by atoms with Crippen LogP contribution < -0.4 is 0 Å². The van der Waals surface area contributed by atoms with E-state index in [4.69, 9.17) is 0 Å². The molecule has 1 aliphatic rings. The first-order valence-corrected chi connectivity index (χ1v) is 19.4. The van der Waals surface area contributed by atoms with Gasteiger partial charge in [-0.2, -0.15) is 0 Å². The molecule has 0 aliphatic carbocycles. The van der Waals surface area contributed by atoms with Crippen molar-refractivity contribution in [1.29, 1.82) is 0 Å². The third kappa shape index (κ3) is 22.5. The molecule has 244 valence electrons. The van der Waals surface area contributed by atoms with Gasteiger partial charge in [0.2, 0.25) is 0 Å². The molecular formula is C39H78N2. The molecule has 0 amide bonds. The molecule has 0 aromatic heterocycles. The zero-order valence-electron chi connectivity index (χ0n) is 29.1. The summed E-state index contributed by atoms with van der Waals surface area (Å²) in [5.41, 5.74) is 0. The Morgan fingerprint density at radius 3 is 1.07 bits per heavy atom. The minimum atomic E-state index is 0.606. The summed E-state index contributed by atoms with van der Waals surface area (Å²) in [4.78, 5) is 5.29. The van der Waals surface area contributed by atoms with Crippen LogP contribution in [-0.2, 0) is 0 Å². The Morgan fingerprint density at radius 2 is 0.732 bits per heavy atom. The van der Waals surface area contributed by atoms with Crippen molar-refractivity contribution in [2.24, 2.45) is 0 Å². The molecular weight excluding hydrogens is 496 g/mol. The van der Waals surface area contributed by atoms with Gasteiger partial charge in [-0.15, -0.1) is 0 Å². The number of rotatable bonds is 32. The molecule has 0 aromatic rings. The van der Waals surface area contributed by atoms with Crippen molar-refractivity contribution in [3.8, 4) is 0 Å². The van der Waals surface area contributed by atoms with E-state index in [1.165, 1.54) is 199 Å². The van der Waals surface area contributed by atoms with E-state index in [-0.39, 0.29) is 0 Å². The topological polar surface area (TPSA) is 6.48 Å². The van der Waals surface area contributed by atoms with Crippen LogP contribution in [0.1, 0.15) is 220 Å². The van der Waals surface area contributed by atoms with E-state index in [9.17, 15) is 0 Å². The van der Waals surface area contributed by atoms with E-state index < -0.39 is 0 Å². The van der Waals surface area contributed by atoms with Crippen molar-refractivity contribution < 1.29 is 0 Å². The van der Waals surface area contributed by atoms with Crippen LogP contribution in [-0.4, -0.2) is 28.6 Å². The highest BCUT2D eigenvalue weighted by Crippen LogP contribution is 2.25. The molecule has 0 radical (unpaired) electrons. The zero-order chi connectivity index (χ0) is 29.6. The van der Waals surface area contributed by atoms with Crippen LogP contribution in [0.2, 0.25) is 0 Å². The number of nitrogens with zero attached hydrogens (tertiary/aromatic N) is 2. The van der Waals surface area contributed by atoms with Gasteiger partial charge in [-0.25, -0.2) is 0 Å². The Kier molecular flexibility index (Phi) is 27.5. The average Bonchev–Trinajstić information content (AvgIpc) is 3.38. The summed E-state index contributed by atoms with van der Waals surface area (Å²) in [5.74, 6) is 0. The van der Waals surface area contributed by atoms with Crippen LogP contribution in [0.5, 0.6) is 0 Å². The van der Waals surface area contributed by atoms with Gasteiger partial charge in [0.25, 0.3) is 0 Å². The van der Waals surface area contributed by atoms with Crippen molar-refractivity contribution in [2.45, 2.75) is 233 Å². The number of hydrogen-bond acceptors (Lipinski definition) is 2. The molecule has 0 saturated carbocycles. The Bertz CT molecular complexity index is 542. The van der Waals surface area contributed by atoms with Gasteiger partial charge in [0.15, 0.2) is 0 Å². The summed E-state index contributed by atoms with van der Waals surface area (Å²) in [5, 5.41) is 0. The number of hydrogen-bond donors (Lipinski definition) is 0. The summed E-state index contributed by atoms with van der Waals surface area (Å²) in [6.45, 7) is 10.6. The van der Waals surface area contributed by atoms with Crippen LogP contribution in [0.3, 0.4) is 0 Å². The molecule has 1 aliphatic heterocycles. The van der Waals surface area contributed by atoms with E-state index in [0.29, 0.717) is 12.2 Å². The molecule has 1 unspecified atom stereocenters. The summed E-state index contributed by atoms with van der Waals surface area (Å²) in [7, 11) is 0. The Hall–Kier alpha value is -0.660. The standard InChI is InChI=1S/C39H78N2/c1-5-7-9-11-13-15-17-19-20-21-23-25-27-29-31-33-35-40-36-37-41(38(3)4)39(40)34-32-30-28-26-24-22-18-16-14-12-10-8-6-2/h36-39H,5-35H2,1-4H3. The van der Waals surface area contributed by atoms with Gasteiger partial charge in [0, 0.05) is 25.0 Å². The van der Waals surface area contributed by atoms with Crippen LogP contribution in [0.25, 0.3) is 0 Å². The third-order valence-corrected chi connectivity index (χ3v) is 9.59.